The van der Waals surface area contributed by atoms with Crippen molar-refractivity contribution in [2.45, 2.75) is 5.51 Å². The van der Waals surface area contributed by atoms with Crippen LogP contribution in [0.3, 0.4) is 0 Å². The summed E-state index contributed by atoms with van der Waals surface area (Å²) in [5.41, 5.74) is -1.51. The maximum atomic E-state index is 13.0. The SMILES string of the molecule is O=S(=O)(Oc1ccc2c3cccnc3n3c(-c4ccccc4)c(-c4ccccc4)nc3c2c1)C(F)(F)F. The number of pyridine rings is 2. The van der Waals surface area contributed by atoms with E-state index in [-0.39, 0.29) is 0 Å². The molecule has 0 aliphatic rings. The van der Waals surface area contributed by atoms with Gasteiger partial charge in [-0.1, -0.05) is 60.7 Å². The number of hydrogen-bond donors (Lipinski definition) is 0. The van der Waals surface area contributed by atoms with Crippen LogP contribution >= 0.6 is 0 Å². The van der Waals surface area contributed by atoms with Crippen molar-refractivity contribution in [3.63, 3.8) is 0 Å². The van der Waals surface area contributed by atoms with Gasteiger partial charge in [0.25, 0.3) is 0 Å². The lowest BCUT2D eigenvalue weighted by Gasteiger charge is -2.13. The standard InChI is InChI=1S/C27H16F3N3O3S/c28-27(29,30)37(34,35)36-19-13-14-20-21-12-7-15-31-25(21)33-24(18-10-5-2-6-11-18)23(17-8-3-1-4-9-17)32-26(33)22(20)16-19/h1-16H. The maximum absolute atomic E-state index is 13.0. The molecule has 0 amide bonds. The average Bonchev–Trinajstić information content (AvgIpc) is 3.30. The Balaban J connectivity index is 1.75. The van der Waals surface area contributed by atoms with Crippen LogP contribution in [0, 0.1) is 0 Å². The lowest BCUT2D eigenvalue weighted by molar-refractivity contribution is -0.0500. The second kappa shape index (κ2) is 8.31. The lowest BCUT2D eigenvalue weighted by atomic mass is 10.0. The van der Waals surface area contributed by atoms with Crippen LogP contribution in [0.5, 0.6) is 5.75 Å². The third-order valence-electron chi connectivity index (χ3n) is 5.98. The summed E-state index contributed by atoms with van der Waals surface area (Å²) in [5.74, 6) is -0.472. The fraction of sp³-hybridized carbons (Fsp3) is 0.0370. The minimum atomic E-state index is -5.84. The molecule has 0 saturated carbocycles. The van der Waals surface area contributed by atoms with Gasteiger partial charge in [0.2, 0.25) is 0 Å². The molecule has 6 nitrogen and oxygen atoms in total. The zero-order chi connectivity index (χ0) is 25.8. The van der Waals surface area contributed by atoms with E-state index in [9.17, 15) is 21.6 Å². The van der Waals surface area contributed by atoms with Crippen LogP contribution in [0.1, 0.15) is 0 Å². The van der Waals surface area contributed by atoms with Crippen LogP contribution < -0.4 is 4.18 Å². The fourth-order valence-electron chi connectivity index (χ4n) is 4.42. The van der Waals surface area contributed by atoms with Crippen molar-refractivity contribution < 1.29 is 25.8 Å². The van der Waals surface area contributed by atoms with Crippen molar-refractivity contribution in [3.8, 4) is 28.3 Å². The van der Waals surface area contributed by atoms with E-state index in [0.717, 1.165) is 16.8 Å². The van der Waals surface area contributed by atoms with Gasteiger partial charge in [0, 0.05) is 28.1 Å². The number of alkyl halides is 3. The van der Waals surface area contributed by atoms with Gasteiger partial charge in [-0.3, -0.25) is 4.40 Å². The summed E-state index contributed by atoms with van der Waals surface area (Å²) in [6.45, 7) is 0. The first-order valence-corrected chi connectivity index (χ1v) is 12.5. The summed E-state index contributed by atoms with van der Waals surface area (Å²) in [6.07, 6.45) is 1.65. The zero-order valence-electron chi connectivity index (χ0n) is 18.8. The average molecular weight is 520 g/mol. The molecular weight excluding hydrogens is 503 g/mol. The van der Waals surface area contributed by atoms with E-state index in [2.05, 4.69) is 9.17 Å². The molecular formula is C27H16F3N3O3S. The molecule has 0 N–H and O–H groups in total. The molecule has 6 rings (SSSR count). The first-order chi connectivity index (χ1) is 17.7. The van der Waals surface area contributed by atoms with Crippen molar-refractivity contribution in [1.29, 1.82) is 0 Å². The van der Waals surface area contributed by atoms with Crippen LogP contribution in [-0.4, -0.2) is 28.3 Å². The molecule has 0 fully saturated rings. The topological polar surface area (TPSA) is 73.6 Å². The summed E-state index contributed by atoms with van der Waals surface area (Å²) >= 11 is 0. The maximum Gasteiger partial charge on any atom is 0.534 e. The highest BCUT2D eigenvalue weighted by molar-refractivity contribution is 7.88. The van der Waals surface area contributed by atoms with E-state index >= 15 is 0 Å². The molecule has 0 saturated heterocycles. The Bertz CT molecular complexity index is 1900. The van der Waals surface area contributed by atoms with E-state index in [4.69, 9.17) is 4.98 Å². The molecule has 3 aromatic carbocycles. The number of fused-ring (bicyclic) bond motifs is 6. The van der Waals surface area contributed by atoms with E-state index < -0.39 is 21.4 Å². The van der Waals surface area contributed by atoms with E-state index in [1.54, 1.807) is 12.3 Å². The quantitative estimate of drug-likeness (QED) is 0.149. The molecule has 0 aliphatic heterocycles. The molecule has 0 bridgehead atoms. The first kappa shape index (κ1) is 23.0. The Morgan fingerprint density at radius 3 is 2.08 bits per heavy atom. The monoisotopic (exact) mass is 519 g/mol. The van der Waals surface area contributed by atoms with Crippen molar-refractivity contribution in [2.75, 3.05) is 0 Å². The second-order valence-electron chi connectivity index (χ2n) is 8.27. The van der Waals surface area contributed by atoms with Gasteiger partial charge < -0.3 is 4.18 Å². The van der Waals surface area contributed by atoms with Crippen molar-refractivity contribution in [3.05, 3.63) is 97.2 Å². The molecule has 0 atom stereocenters. The van der Waals surface area contributed by atoms with Gasteiger partial charge in [-0.25, -0.2) is 9.97 Å². The highest BCUT2D eigenvalue weighted by Gasteiger charge is 2.48. The number of benzene rings is 3. The summed E-state index contributed by atoms with van der Waals surface area (Å²) in [7, 11) is -5.84. The van der Waals surface area contributed by atoms with E-state index in [1.807, 2.05) is 71.1 Å². The summed E-state index contributed by atoms with van der Waals surface area (Å²) in [5, 5.41) is 1.76. The minimum Gasteiger partial charge on any atom is -0.376 e. The highest BCUT2D eigenvalue weighted by Crippen LogP contribution is 2.39. The van der Waals surface area contributed by atoms with Crippen molar-refractivity contribution in [1.82, 2.24) is 14.4 Å². The van der Waals surface area contributed by atoms with Gasteiger partial charge in [0.15, 0.2) is 0 Å². The Labute approximate surface area is 208 Å². The lowest BCUT2D eigenvalue weighted by Crippen LogP contribution is -2.28. The predicted molar refractivity (Wildman–Crippen MR) is 134 cm³/mol. The smallest absolute Gasteiger partial charge is 0.376 e. The number of aromatic nitrogens is 3. The number of nitrogens with zero attached hydrogens (tertiary/aromatic N) is 3. The normalized spacial score (nSPS) is 12.4. The number of hydrogen-bond acceptors (Lipinski definition) is 5. The molecule has 3 heterocycles. The molecule has 0 radical (unpaired) electrons. The summed E-state index contributed by atoms with van der Waals surface area (Å²) in [4.78, 5) is 9.53. The third kappa shape index (κ3) is 3.77. The molecule has 0 spiro atoms. The van der Waals surface area contributed by atoms with Crippen LogP contribution in [0.2, 0.25) is 0 Å². The molecule has 0 aliphatic carbocycles. The summed E-state index contributed by atoms with van der Waals surface area (Å²) in [6, 6.07) is 26.6. The van der Waals surface area contributed by atoms with Crippen molar-refractivity contribution in [2.24, 2.45) is 0 Å². The molecule has 3 aromatic heterocycles. The summed E-state index contributed by atoms with van der Waals surface area (Å²) < 4.78 is 68.6. The number of halogens is 3. The fourth-order valence-corrected chi connectivity index (χ4v) is 4.87. The van der Waals surface area contributed by atoms with Gasteiger partial charge in [0.1, 0.15) is 17.0 Å². The van der Waals surface area contributed by atoms with Crippen LogP contribution in [-0.2, 0) is 10.1 Å². The van der Waals surface area contributed by atoms with Gasteiger partial charge in [-0.15, -0.1) is 0 Å². The first-order valence-electron chi connectivity index (χ1n) is 11.1. The number of rotatable bonds is 4. The second-order valence-corrected chi connectivity index (χ2v) is 9.80. The van der Waals surface area contributed by atoms with Crippen molar-refractivity contribution >= 4 is 37.6 Å². The van der Waals surface area contributed by atoms with E-state index in [1.165, 1.54) is 18.2 Å². The molecule has 184 valence electrons. The Hall–Kier alpha value is -4.44. The van der Waals surface area contributed by atoms with Gasteiger partial charge >= 0.3 is 15.6 Å². The molecule has 0 unspecified atom stereocenters. The van der Waals surface area contributed by atoms with Gasteiger partial charge in [-0.05, 0) is 35.7 Å². The Morgan fingerprint density at radius 2 is 1.41 bits per heavy atom. The third-order valence-corrected chi connectivity index (χ3v) is 6.96. The van der Waals surface area contributed by atoms with Crippen LogP contribution in [0.25, 0.3) is 50.0 Å². The van der Waals surface area contributed by atoms with Gasteiger partial charge in [-0.2, -0.15) is 21.6 Å². The van der Waals surface area contributed by atoms with Crippen LogP contribution in [0.4, 0.5) is 13.2 Å². The predicted octanol–water partition coefficient (Wildman–Crippen LogP) is 6.60. The van der Waals surface area contributed by atoms with E-state index in [0.29, 0.717) is 33.1 Å². The molecule has 10 heteroatoms. The molecule has 37 heavy (non-hydrogen) atoms. The van der Waals surface area contributed by atoms with Gasteiger partial charge in [0.05, 0.1) is 11.4 Å². The Kier molecular flexibility index (Phi) is 5.16. The Morgan fingerprint density at radius 1 is 0.730 bits per heavy atom. The number of imidazole rings is 1. The molecule has 6 aromatic rings. The zero-order valence-corrected chi connectivity index (χ0v) is 19.7. The van der Waals surface area contributed by atoms with Crippen LogP contribution in [0.15, 0.2) is 97.2 Å². The highest BCUT2D eigenvalue weighted by atomic mass is 32.2. The minimum absolute atomic E-state index is 0.397. The largest absolute Gasteiger partial charge is 0.534 e.